The van der Waals surface area contributed by atoms with E-state index in [2.05, 4.69) is 40.4 Å². The van der Waals surface area contributed by atoms with Gasteiger partial charge in [-0.15, -0.1) is 11.8 Å². The first-order valence-corrected chi connectivity index (χ1v) is 29.1. The molecule has 0 saturated carbocycles. The standard InChI is InChI=1S/C24H33ClN6O4S2.C24H33ClN6O3S2/c1-14-18(30-22(32)35-23(2,3)4)24(13-34-14)7-10-31(11-8-24)20-21(37(5)33)29-16(12-28-20)36-15-6-9-27-19(26)17(15)25;1-14-18(30-22(32)34-23(2,3)4)24(13-33-14)7-10-31(11-8-24)20-21(35-5)29-16(12-28-20)36-15-6-9-27-19(26)17(15)25/h6,9,12,14,18H,7-8,10-11,13H2,1-5H3,(H2,26,27)(H,30,32);6,9,12,14,18H,7-8,10-11,13H2,1-5H3,(H2,26,27)(H,30,32)/t14-,18+,37?;14-,18+/m00/s1. The lowest BCUT2D eigenvalue weighted by atomic mass is 9.73. The molecule has 19 nitrogen and oxygen atoms in total. The van der Waals surface area contributed by atoms with E-state index in [4.69, 9.17) is 63.6 Å². The average molecular weight is 1120 g/mol. The summed E-state index contributed by atoms with van der Waals surface area (Å²) in [6.07, 6.45) is 12.5. The molecule has 4 aromatic rings. The van der Waals surface area contributed by atoms with E-state index in [9.17, 15) is 13.8 Å². The average Bonchev–Trinajstić information content (AvgIpc) is 3.78. The summed E-state index contributed by atoms with van der Waals surface area (Å²) in [5, 5.41) is 9.50. The Morgan fingerprint density at radius 1 is 0.726 bits per heavy atom. The number of anilines is 4. The number of nitrogens with one attached hydrogen (secondary N) is 2. The van der Waals surface area contributed by atoms with Gasteiger partial charge >= 0.3 is 12.2 Å². The van der Waals surface area contributed by atoms with Crippen LogP contribution >= 0.6 is 58.5 Å². The topological polar surface area (TPSA) is 248 Å². The normalized spacial score (nSPS) is 21.9. The Bertz CT molecular complexity index is 2650. The van der Waals surface area contributed by atoms with Gasteiger partial charge in [-0.1, -0.05) is 46.7 Å². The molecule has 25 heteroatoms. The fraction of sp³-hybridized carbons (Fsp3) is 0.583. The SMILES string of the molecule is CSc1nc(Sc2ccnc(N)c2Cl)cnc1N1CCC2(CC1)CO[C@@H](C)[C@H]2NC(=O)OC(C)(C)C.C[C@@H]1OCC2(CCN(c3ncc(Sc4ccnc(N)c4Cl)nc3S(C)=O)CC2)[C@@H]1NC(=O)OC(C)(C)C. The number of nitrogens with zero attached hydrogens (tertiary/aromatic N) is 8. The van der Waals surface area contributed by atoms with Crippen molar-refractivity contribution in [2.24, 2.45) is 10.8 Å². The van der Waals surface area contributed by atoms with E-state index in [1.807, 2.05) is 67.7 Å². The lowest BCUT2D eigenvalue weighted by Gasteiger charge is -2.43. The first kappa shape index (κ1) is 56.6. The largest absolute Gasteiger partial charge is 0.444 e. The second-order valence-corrected chi connectivity index (χ2v) is 25.5. The van der Waals surface area contributed by atoms with Crippen LogP contribution in [0.4, 0.5) is 32.9 Å². The number of carbonyl (C=O) groups excluding carboxylic acids is 2. The Kier molecular flexibility index (Phi) is 18.2. The zero-order chi connectivity index (χ0) is 53.0. The highest BCUT2D eigenvalue weighted by Crippen LogP contribution is 2.46. The Balaban J connectivity index is 0.000000214. The molecule has 5 atom stereocenters. The number of hydrogen-bond donors (Lipinski definition) is 4. The summed E-state index contributed by atoms with van der Waals surface area (Å²) in [4.78, 5) is 57.8. The highest BCUT2D eigenvalue weighted by Gasteiger charge is 2.52. The van der Waals surface area contributed by atoms with Crippen LogP contribution < -0.4 is 31.9 Å². The highest BCUT2D eigenvalue weighted by atomic mass is 35.5. The summed E-state index contributed by atoms with van der Waals surface area (Å²) >= 11 is 16.8. The number of nitrogens with two attached hydrogens (primary N) is 2. The number of rotatable bonds is 10. The van der Waals surface area contributed by atoms with Crippen molar-refractivity contribution < 1.29 is 32.7 Å². The van der Waals surface area contributed by atoms with Gasteiger partial charge in [0.25, 0.3) is 0 Å². The number of nitrogen functional groups attached to an aromatic ring is 2. The minimum atomic E-state index is -1.36. The second-order valence-electron chi connectivity index (χ2n) is 20.5. The molecule has 4 aliphatic rings. The van der Waals surface area contributed by atoms with Gasteiger partial charge in [0.15, 0.2) is 16.7 Å². The molecule has 4 fully saturated rings. The Morgan fingerprint density at radius 2 is 1.14 bits per heavy atom. The summed E-state index contributed by atoms with van der Waals surface area (Å²) in [6.45, 7) is 19.2. The fourth-order valence-corrected chi connectivity index (χ4v) is 12.8. The van der Waals surface area contributed by atoms with Gasteiger partial charge in [-0.25, -0.2) is 39.5 Å². The summed E-state index contributed by atoms with van der Waals surface area (Å²) in [7, 11) is -1.36. The summed E-state index contributed by atoms with van der Waals surface area (Å²) in [5.74, 6) is 2.00. The van der Waals surface area contributed by atoms with Crippen LogP contribution in [0.2, 0.25) is 10.0 Å². The number of ether oxygens (including phenoxy) is 4. The number of pyridine rings is 2. The fourth-order valence-electron chi connectivity index (χ4n) is 9.44. The van der Waals surface area contributed by atoms with Crippen LogP contribution in [-0.2, 0) is 29.7 Å². The molecule has 0 bridgehead atoms. The molecule has 6 N–H and O–H groups in total. The predicted molar refractivity (Wildman–Crippen MR) is 289 cm³/mol. The van der Waals surface area contributed by atoms with Crippen molar-refractivity contribution in [1.82, 2.24) is 40.5 Å². The van der Waals surface area contributed by atoms with Gasteiger partial charge < -0.3 is 50.8 Å². The smallest absolute Gasteiger partial charge is 0.407 e. The third-order valence-electron chi connectivity index (χ3n) is 13.0. The molecule has 4 aromatic heterocycles. The third kappa shape index (κ3) is 13.9. The van der Waals surface area contributed by atoms with Gasteiger partial charge in [0.2, 0.25) is 0 Å². The number of alkyl carbamates (subject to hydrolysis) is 2. The van der Waals surface area contributed by atoms with Crippen LogP contribution in [0.5, 0.6) is 0 Å². The van der Waals surface area contributed by atoms with Crippen molar-refractivity contribution in [3.05, 3.63) is 47.0 Å². The van der Waals surface area contributed by atoms with E-state index in [0.717, 1.165) is 59.5 Å². The van der Waals surface area contributed by atoms with Gasteiger partial charge in [0, 0.05) is 65.4 Å². The van der Waals surface area contributed by atoms with Gasteiger partial charge in [-0.05, 0) is 99.5 Å². The van der Waals surface area contributed by atoms with E-state index in [1.54, 1.807) is 48.9 Å². The number of halogens is 2. The molecule has 8 heterocycles. The highest BCUT2D eigenvalue weighted by molar-refractivity contribution is 8.00. The van der Waals surface area contributed by atoms with Crippen LogP contribution in [-0.4, -0.2) is 134 Å². The van der Waals surface area contributed by atoms with Crippen molar-refractivity contribution in [2.45, 2.75) is 146 Å². The Hall–Kier alpha value is -4.10. The maximum absolute atomic E-state index is 12.6. The minimum absolute atomic E-state index is 0.0732. The van der Waals surface area contributed by atoms with Gasteiger partial charge in [0.05, 0.1) is 70.7 Å². The van der Waals surface area contributed by atoms with Crippen LogP contribution in [0.25, 0.3) is 0 Å². The summed E-state index contributed by atoms with van der Waals surface area (Å²) < 4.78 is 35.7. The first-order chi connectivity index (χ1) is 34.4. The number of amides is 2. The molecule has 1 unspecified atom stereocenters. The van der Waals surface area contributed by atoms with E-state index >= 15 is 0 Å². The number of carbonyl (C=O) groups is 2. The molecule has 0 aliphatic carbocycles. The Labute approximate surface area is 452 Å². The van der Waals surface area contributed by atoms with Crippen LogP contribution in [0.15, 0.2) is 66.8 Å². The maximum atomic E-state index is 12.6. The lowest BCUT2D eigenvalue weighted by molar-refractivity contribution is 0.0424. The molecular weight excluding hydrogens is 1060 g/mol. The van der Waals surface area contributed by atoms with Gasteiger partial charge in [-0.2, -0.15) is 0 Å². The van der Waals surface area contributed by atoms with Crippen molar-refractivity contribution in [1.29, 1.82) is 0 Å². The van der Waals surface area contributed by atoms with E-state index in [1.165, 1.54) is 23.5 Å². The molecule has 8 rings (SSSR count). The third-order valence-corrected chi connectivity index (χ3v) is 17.5. The number of aromatic nitrogens is 6. The van der Waals surface area contributed by atoms with Crippen LogP contribution in [0.3, 0.4) is 0 Å². The molecule has 2 amide bonds. The molecule has 73 heavy (non-hydrogen) atoms. The monoisotopic (exact) mass is 1120 g/mol. The molecule has 0 radical (unpaired) electrons. The van der Waals surface area contributed by atoms with Crippen LogP contribution in [0.1, 0.15) is 81.1 Å². The van der Waals surface area contributed by atoms with Crippen molar-refractivity contribution >= 4 is 105 Å². The van der Waals surface area contributed by atoms with E-state index < -0.39 is 34.2 Å². The van der Waals surface area contributed by atoms with E-state index in [-0.39, 0.29) is 40.9 Å². The van der Waals surface area contributed by atoms with Crippen LogP contribution in [0, 0.1) is 10.8 Å². The first-order valence-electron chi connectivity index (χ1n) is 23.9. The number of hydrogen-bond acceptors (Lipinski definition) is 20. The second kappa shape index (κ2) is 23.4. The quantitative estimate of drug-likeness (QED) is 0.108. The summed E-state index contributed by atoms with van der Waals surface area (Å²) in [5.41, 5.74) is 10.2. The van der Waals surface area contributed by atoms with E-state index in [0.29, 0.717) is 62.9 Å². The summed E-state index contributed by atoms with van der Waals surface area (Å²) in [6, 6.07) is 3.30. The molecular formula is C48H66Cl2N12O7S4. The maximum Gasteiger partial charge on any atom is 0.407 e. The predicted octanol–water partition coefficient (Wildman–Crippen LogP) is 8.77. The molecule has 4 saturated heterocycles. The minimum Gasteiger partial charge on any atom is -0.444 e. The van der Waals surface area contributed by atoms with Gasteiger partial charge in [0.1, 0.15) is 37.9 Å². The molecule has 4 aliphatic heterocycles. The van der Waals surface area contributed by atoms with Crippen molar-refractivity contribution in [3.63, 3.8) is 0 Å². The van der Waals surface area contributed by atoms with Crippen molar-refractivity contribution in [3.8, 4) is 0 Å². The van der Waals surface area contributed by atoms with Gasteiger partial charge in [-0.3, -0.25) is 4.21 Å². The van der Waals surface area contributed by atoms with Crippen molar-refractivity contribution in [2.75, 3.05) is 73.2 Å². The number of piperidine rings is 2. The molecule has 398 valence electrons. The molecule has 0 aromatic carbocycles. The zero-order valence-corrected chi connectivity index (χ0v) is 47.6. The zero-order valence-electron chi connectivity index (χ0n) is 42.8. The number of thioether (sulfide) groups is 1. The molecule has 2 spiro atoms. The Morgan fingerprint density at radius 3 is 1.55 bits per heavy atom. The lowest BCUT2D eigenvalue weighted by Crippen LogP contribution is -2.55.